The molecule has 0 saturated heterocycles. The van der Waals surface area contributed by atoms with Crippen LogP contribution in [0, 0.1) is 0 Å². The Kier molecular flexibility index (Phi) is 4.59. The first-order valence-corrected chi connectivity index (χ1v) is 7.37. The molecule has 0 saturated carbocycles. The van der Waals surface area contributed by atoms with Crippen LogP contribution in [0.4, 0.5) is 0 Å². The number of hydrogen-bond acceptors (Lipinski definition) is 2. The van der Waals surface area contributed by atoms with E-state index in [1.54, 1.807) is 0 Å². The number of fused-ring (bicyclic) bond motifs is 1. The van der Waals surface area contributed by atoms with Crippen molar-refractivity contribution in [2.45, 2.75) is 59.5 Å². The first-order chi connectivity index (χ1) is 9.15. The van der Waals surface area contributed by atoms with E-state index < -0.39 is 0 Å². The molecule has 1 N–H and O–H groups in total. The van der Waals surface area contributed by atoms with Crippen molar-refractivity contribution < 1.29 is 0 Å². The number of hydrogen-bond donors (Lipinski definition) is 1. The highest BCUT2D eigenvalue weighted by atomic mass is 15.0. The van der Waals surface area contributed by atoms with Crippen LogP contribution in [0.2, 0.25) is 0 Å². The number of aryl methyl sites for hydroxylation is 2. The zero-order chi connectivity index (χ0) is 13.8. The highest BCUT2D eigenvalue weighted by Crippen LogP contribution is 2.16. The predicted molar refractivity (Wildman–Crippen MR) is 80.5 cm³/mol. The van der Waals surface area contributed by atoms with Gasteiger partial charge in [0.15, 0.2) is 0 Å². The van der Waals surface area contributed by atoms with Crippen molar-refractivity contribution in [2.24, 2.45) is 0 Å². The van der Waals surface area contributed by atoms with Crippen LogP contribution >= 0.6 is 0 Å². The van der Waals surface area contributed by atoms with Gasteiger partial charge in [-0.05, 0) is 24.5 Å². The lowest BCUT2D eigenvalue weighted by Gasteiger charge is -2.06. The second-order valence-electron chi connectivity index (χ2n) is 5.41. The molecule has 2 aromatic heterocycles. The molecule has 0 atom stereocenters. The molecule has 3 heteroatoms. The Labute approximate surface area is 116 Å². The molecule has 0 amide bonds. The smallest absolute Gasteiger partial charge is 0.113 e. The molecule has 2 aromatic rings. The van der Waals surface area contributed by atoms with E-state index >= 15 is 0 Å². The Balaban J connectivity index is 2.41. The van der Waals surface area contributed by atoms with Gasteiger partial charge in [-0.2, -0.15) is 0 Å². The van der Waals surface area contributed by atoms with Gasteiger partial charge in [0.1, 0.15) is 5.82 Å². The predicted octanol–water partition coefficient (Wildman–Crippen LogP) is 3.35. The van der Waals surface area contributed by atoms with Gasteiger partial charge in [0, 0.05) is 25.2 Å². The molecule has 0 radical (unpaired) electrons. The molecule has 0 aliphatic carbocycles. The molecule has 0 bridgehead atoms. The standard InChI is InChI=1S/C16H25N3/c1-5-7-16-18-14(10-17-12(3)4)15-9-8-13(6-2)11-19(15)16/h8-9,11-12,17H,5-7,10H2,1-4H3. The van der Waals surface area contributed by atoms with E-state index in [0.29, 0.717) is 6.04 Å². The lowest BCUT2D eigenvalue weighted by Crippen LogP contribution is -2.22. The quantitative estimate of drug-likeness (QED) is 0.862. The van der Waals surface area contributed by atoms with E-state index in [0.717, 1.165) is 25.8 Å². The van der Waals surface area contributed by atoms with Gasteiger partial charge in [-0.15, -0.1) is 0 Å². The molecule has 0 spiro atoms. The number of pyridine rings is 1. The van der Waals surface area contributed by atoms with Gasteiger partial charge >= 0.3 is 0 Å². The van der Waals surface area contributed by atoms with Crippen molar-refractivity contribution in [3.8, 4) is 0 Å². The van der Waals surface area contributed by atoms with Crippen molar-refractivity contribution in [1.82, 2.24) is 14.7 Å². The van der Waals surface area contributed by atoms with Crippen molar-refractivity contribution >= 4 is 5.52 Å². The van der Waals surface area contributed by atoms with Crippen LogP contribution in [-0.4, -0.2) is 15.4 Å². The molecular formula is C16H25N3. The van der Waals surface area contributed by atoms with E-state index in [1.165, 1.54) is 22.6 Å². The summed E-state index contributed by atoms with van der Waals surface area (Å²) >= 11 is 0. The van der Waals surface area contributed by atoms with Crippen LogP contribution in [0.15, 0.2) is 18.3 Å². The summed E-state index contributed by atoms with van der Waals surface area (Å²) in [5.74, 6) is 1.19. The summed E-state index contributed by atoms with van der Waals surface area (Å²) in [6.45, 7) is 9.58. The fourth-order valence-electron chi connectivity index (χ4n) is 2.30. The largest absolute Gasteiger partial charge is 0.309 e. The number of nitrogens with zero attached hydrogens (tertiary/aromatic N) is 2. The third kappa shape index (κ3) is 3.16. The summed E-state index contributed by atoms with van der Waals surface area (Å²) in [5, 5.41) is 3.46. The fourth-order valence-corrected chi connectivity index (χ4v) is 2.30. The molecule has 0 aliphatic rings. The van der Waals surface area contributed by atoms with Crippen LogP contribution in [0.1, 0.15) is 51.2 Å². The van der Waals surface area contributed by atoms with Gasteiger partial charge in [-0.25, -0.2) is 4.98 Å². The molecule has 3 nitrogen and oxygen atoms in total. The average molecular weight is 259 g/mol. The van der Waals surface area contributed by atoms with Gasteiger partial charge in [0.25, 0.3) is 0 Å². The van der Waals surface area contributed by atoms with Crippen molar-refractivity contribution in [3.05, 3.63) is 35.4 Å². The minimum absolute atomic E-state index is 0.487. The van der Waals surface area contributed by atoms with Gasteiger partial charge in [0.05, 0.1) is 11.2 Å². The van der Waals surface area contributed by atoms with Gasteiger partial charge in [-0.3, -0.25) is 0 Å². The first-order valence-electron chi connectivity index (χ1n) is 7.37. The van der Waals surface area contributed by atoms with Crippen LogP contribution in [0.5, 0.6) is 0 Å². The summed E-state index contributed by atoms with van der Waals surface area (Å²) in [4.78, 5) is 4.83. The number of aromatic nitrogens is 2. The molecule has 2 rings (SSSR count). The molecular weight excluding hydrogens is 234 g/mol. The van der Waals surface area contributed by atoms with E-state index in [2.05, 4.69) is 55.7 Å². The Bertz CT molecular complexity index is 540. The Morgan fingerprint density at radius 2 is 2.05 bits per heavy atom. The minimum atomic E-state index is 0.487. The van der Waals surface area contributed by atoms with E-state index in [-0.39, 0.29) is 0 Å². The highest BCUT2D eigenvalue weighted by molar-refractivity contribution is 5.54. The summed E-state index contributed by atoms with van der Waals surface area (Å²) in [5.41, 5.74) is 3.78. The Morgan fingerprint density at radius 1 is 1.26 bits per heavy atom. The summed E-state index contributed by atoms with van der Waals surface area (Å²) < 4.78 is 2.28. The second-order valence-corrected chi connectivity index (χ2v) is 5.41. The monoisotopic (exact) mass is 259 g/mol. The van der Waals surface area contributed by atoms with Crippen molar-refractivity contribution in [2.75, 3.05) is 0 Å². The summed E-state index contributed by atoms with van der Waals surface area (Å²) in [6, 6.07) is 4.91. The SMILES string of the molecule is CCCc1nc(CNC(C)C)c2ccc(CC)cn12. The van der Waals surface area contributed by atoms with Crippen LogP contribution < -0.4 is 5.32 Å². The maximum Gasteiger partial charge on any atom is 0.113 e. The third-order valence-corrected chi connectivity index (χ3v) is 3.41. The van der Waals surface area contributed by atoms with Crippen LogP contribution in [0.25, 0.3) is 5.52 Å². The normalized spacial score (nSPS) is 11.6. The Hall–Kier alpha value is -1.35. The zero-order valence-electron chi connectivity index (χ0n) is 12.5. The first kappa shape index (κ1) is 14.1. The van der Waals surface area contributed by atoms with Gasteiger partial charge in [0.2, 0.25) is 0 Å². The molecule has 0 fully saturated rings. The maximum atomic E-state index is 4.83. The minimum Gasteiger partial charge on any atom is -0.309 e. The van der Waals surface area contributed by atoms with E-state index in [1.807, 2.05) is 0 Å². The van der Waals surface area contributed by atoms with Crippen molar-refractivity contribution in [1.29, 1.82) is 0 Å². The second kappa shape index (κ2) is 6.20. The van der Waals surface area contributed by atoms with E-state index in [9.17, 15) is 0 Å². The van der Waals surface area contributed by atoms with Crippen LogP contribution in [-0.2, 0) is 19.4 Å². The van der Waals surface area contributed by atoms with Crippen molar-refractivity contribution in [3.63, 3.8) is 0 Å². The fraction of sp³-hybridized carbons (Fsp3) is 0.562. The molecule has 0 unspecified atom stereocenters. The van der Waals surface area contributed by atoms with Gasteiger partial charge < -0.3 is 9.72 Å². The molecule has 19 heavy (non-hydrogen) atoms. The Morgan fingerprint density at radius 3 is 2.68 bits per heavy atom. The topological polar surface area (TPSA) is 29.3 Å². The summed E-state index contributed by atoms with van der Waals surface area (Å²) in [7, 11) is 0. The average Bonchev–Trinajstić information content (AvgIpc) is 2.74. The molecule has 0 aliphatic heterocycles. The lowest BCUT2D eigenvalue weighted by atomic mass is 10.2. The molecule has 0 aromatic carbocycles. The summed E-state index contributed by atoms with van der Waals surface area (Å²) in [6.07, 6.45) is 5.48. The van der Waals surface area contributed by atoms with Gasteiger partial charge in [-0.1, -0.05) is 33.8 Å². The maximum absolute atomic E-state index is 4.83. The lowest BCUT2D eigenvalue weighted by molar-refractivity contribution is 0.584. The molecule has 2 heterocycles. The highest BCUT2D eigenvalue weighted by Gasteiger charge is 2.10. The number of nitrogens with one attached hydrogen (secondary N) is 1. The van der Waals surface area contributed by atoms with Crippen LogP contribution in [0.3, 0.4) is 0 Å². The number of rotatable bonds is 6. The number of imidazole rings is 1. The molecule has 104 valence electrons. The van der Waals surface area contributed by atoms with E-state index in [4.69, 9.17) is 4.98 Å². The zero-order valence-corrected chi connectivity index (χ0v) is 12.5. The third-order valence-electron chi connectivity index (χ3n) is 3.41.